The van der Waals surface area contributed by atoms with E-state index < -0.39 is 34.1 Å². The minimum absolute atomic E-state index is 0.0240. The van der Waals surface area contributed by atoms with Crippen molar-refractivity contribution in [3.63, 3.8) is 0 Å². The van der Waals surface area contributed by atoms with E-state index in [0.717, 1.165) is 31.4 Å². The number of carbonyl (C=O) groups is 1. The molecule has 140 valence electrons. The predicted molar refractivity (Wildman–Crippen MR) is 82.2 cm³/mol. The SMILES string of the molecule is CC(Oc1ccc(S(C)(=O)=O)cc1C(=O)N1CCC(O)C1)C(F)(F)F. The number of β-amino-alcohol motifs (C(OH)–C–C–N with tert-alkyl or cyclic N) is 1. The molecule has 1 fully saturated rings. The Morgan fingerprint density at radius 3 is 2.52 bits per heavy atom. The van der Waals surface area contributed by atoms with Crippen molar-refractivity contribution in [3.05, 3.63) is 23.8 Å². The van der Waals surface area contributed by atoms with Gasteiger partial charge in [-0.3, -0.25) is 4.79 Å². The number of rotatable bonds is 4. The topological polar surface area (TPSA) is 83.9 Å². The van der Waals surface area contributed by atoms with Crippen LogP contribution in [0.1, 0.15) is 23.7 Å². The van der Waals surface area contributed by atoms with E-state index >= 15 is 0 Å². The predicted octanol–water partition coefficient (Wildman–Crippen LogP) is 1.63. The zero-order chi connectivity index (χ0) is 19.0. The number of benzene rings is 1. The van der Waals surface area contributed by atoms with Crippen LogP contribution >= 0.6 is 0 Å². The summed E-state index contributed by atoms with van der Waals surface area (Å²) >= 11 is 0. The third-order valence-corrected chi connectivity index (χ3v) is 4.94. The van der Waals surface area contributed by atoms with Crippen LogP contribution in [0.3, 0.4) is 0 Å². The average molecular weight is 381 g/mol. The van der Waals surface area contributed by atoms with Gasteiger partial charge in [0.1, 0.15) is 5.75 Å². The normalized spacial score (nSPS) is 19.8. The molecule has 1 aliphatic heterocycles. The fourth-order valence-electron chi connectivity index (χ4n) is 2.36. The number of hydrogen-bond acceptors (Lipinski definition) is 5. The van der Waals surface area contributed by atoms with E-state index in [-0.39, 0.29) is 29.3 Å². The Morgan fingerprint density at radius 2 is 2.04 bits per heavy atom. The number of halogens is 3. The molecule has 0 spiro atoms. The molecule has 0 aliphatic carbocycles. The number of ether oxygens (including phenoxy) is 1. The van der Waals surface area contributed by atoms with Crippen molar-refractivity contribution in [2.75, 3.05) is 19.3 Å². The van der Waals surface area contributed by atoms with Gasteiger partial charge in [-0.15, -0.1) is 0 Å². The van der Waals surface area contributed by atoms with Gasteiger partial charge < -0.3 is 14.7 Å². The molecular formula is C15H18F3NO5S. The molecule has 0 saturated carbocycles. The molecule has 2 atom stereocenters. The highest BCUT2D eigenvalue weighted by Gasteiger charge is 2.39. The standard InChI is InChI=1S/C15H18F3NO5S/c1-9(15(16,17)18)24-13-4-3-11(25(2,22)23)7-12(13)14(21)19-6-5-10(20)8-19/h3-4,7,9-10,20H,5-6,8H2,1-2H3. The van der Waals surface area contributed by atoms with Crippen LogP contribution < -0.4 is 4.74 Å². The molecule has 6 nitrogen and oxygen atoms in total. The van der Waals surface area contributed by atoms with Crippen molar-refractivity contribution in [3.8, 4) is 5.75 Å². The van der Waals surface area contributed by atoms with Crippen LogP contribution in [0.15, 0.2) is 23.1 Å². The summed E-state index contributed by atoms with van der Waals surface area (Å²) < 4.78 is 66.4. The second-order valence-corrected chi connectivity index (χ2v) is 7.94. The third-order valence-electron chi connectivity index (χ3n) is 3.82. The van der Waals surface area contributed by atoms with Gasteiger partial charge in [-0.25, -0.2) is 8.42 Å². The largest absolute Gasteiger partial charge is 0.480 e. The van der Waals surface area contributed by atoms with E-state index in [0.29, 0.717) is 6.42 Å². The van der Waals surface area contributed by atoms with Crippen LogP contribution in [-0.2, 0) is 9.84 Å². The van der Waals surface area contributed by atoms with Crippen molar-refractivity contribution in [2.24, 2.45) is 0 Å². The van der Waals surface area contributed by atoms with Crippen LogP contribution in [0.5, 0.6) is 5.75 Å². The molecule has 1 amide bonds. The maximum absolute atomic E-state index is 12.7. The lowest BCUT2D eigenvalue weighted by Gasteiger charge is -2.22. The van der Waals surface area contributed by atoms with Gasteiger partial charge in [-0.2, -0.15) is 13.2 Å². The molecule has 1 aromatic rings. The van der Waals surface area contributed by atoms with Gasteiger partial charge >= 0.3 is 6.18 Å². The highest BCUT2D eigenvalue weighted by atomic mass is 32.2. The zero-order valence-corrected chi connectivity index (χ0v) is 14.4. The summed E-state index contributed by atoms with van der Waals surface area (Å²) in [6, 6.07) is 3.13. The van der Waals surface area contributed by atoms with Crippen molar-refractivity contribution in [1.82, 2.24) is 4.90 Å². The summed E-state index contributed by atoms with van der Waals surface area (Å²) in [7, 11) is -3.66. The van der Waals surface area contributed by atoms with Crippen molar-refractivity contribution in [1.29, 1.82) is 0 Å². The first-order chi connectivity index (χ1) is 11.4. The molecular weight excluding hydrogens is 363 g/mol. The monoisotopic (exact) mass is 381 g/mol. The lowest BCUT2D eigenvalue weighted by Crippen LogP contribution is -2.33. The van der Waals surface area contributed by atoms with Gasteiger partial charge in [0, 0.05) is 19.3 Å². The minimum atomic E-state index is -4.64. The van der Waals surface area contributed by atoms with Gasteiger partial charge in [0.05, 0.1) is 16.6 Å². The Kier molecular flexibility index (Phi) is 5.33. The van der Waals surface area contributed by atoms with E-state index in [2.05, 4.69) is 0 Å². The van der Waals surface area contributed by atoms with Gasteiger partial charge in [0.25, 0.3) is 5.91 Å². The summed E-state index contributed by atoms with van der Waals surface area (Å²) in [6.07, 6.45) is -6.27. The molecule has 10 heteroatoms. The van der Waals surface area contributed by atoms with Crippen molar-refractivity contribution >= 4 is 15.7 Å². The number of amides is 1. The molecule has 2 rings (SSSR count). The molecule has 1 aromatic carbocycles. The Hall–Kier alpha value is -1.81. The quantitative estimate of drug-likeness (QED) is 0.857. The molecule has 0 aromatic heterocycles. The number of hydrogen-bond donors (Lipinski definition) is 1. The molecule has 2 unspecified atom stereocenters. The summed E-state index contributed by atoms with van der Waals surface area (Å²) in [4.78, 5) is 13.6. The Bertz CT molecular complexity index is 763. The molecule has 1 N–H and O–H groups in total. The van der Waals surface area contributed by atoms with Crippen molar-refractivity contribution < 1.29 is 36.2 Å². The van der Waals surface area contributed by atoms with E-state index in [1.54, 1.807) is 0 Å². The first kappa shape index (κ1) is 19.5. The number of alkyl halides is 3. The van der Waals surface area contributed by atoms with Gasteiger partial charge in [-0.1, -0.05) is 0 Å². The number of likely N-dealkylation sites (tertiary alicyclic amines) is 1. The number of aliphatic hydroxyl groups excluding tert-OH is 1. The van der Waals surface area contributed by atoms with E-state index in [4.69, 9.17) is 4.74 Å². The molecule has 1 saturated heterocycles. The van der Waals surface area contributed by atoms with E-state index in [1.165, 1.54) is 4.90 Å². The Balaban J connectivity index is 2.43. The Labute approximate surface area is 143 Å². The molecule has 1 aliphatic rings. The highest BCUT2D eigenvalue weighted by Crippen LogP contribution is 2.30. The second kappa shape index (κ2) is 6.83. The van der Waals surface area contributed by atoms with E-state index in [9.17, 15) is 31.5 Å². The number of carbonyl (C=O) groups excluding carboxylic acids is 1. The fourth-order valence-corrected chi connectivity index (χ4v) is 3.01. The van der Waals surface area contributed by atoms with Gasteiger partial charge in [-0.05, 0) is 31.5 Å². The first-order valence-corrected chi connectivity index (χ1v) is 9.33. The van der Waals surface area contributed by atoms with Crippen molar-refractivity contribution in [2.45, 2.75) is 36.6 Å². The summed E-state index contributed by atoms with van der Waals surface area (Å²) in [5.41, 5.74) is -0.284. The fraction of sp³-hybridized carbons (Fsp3) is 0.533. The van der Waals surface area contributed by atoms with Crippen LogP contribution in [0.2, 0.25) is 0 Å². The van der Waals surface area contributed by atoms with E-state index in [1.807, 2.05) is 0 Å². The van der Waals surface area contributed by atoms with Gasteiger partial charge in [0.2, 0.25) is 0 Å². The van der Waals surface area contributed by atoms with Crippen LogP contribution in [0.25, 0.3) is 0 Å². The maximum atomic E-state index is 12.7. The zero-order valence-electron chi connectivity index (χ0n) is 13.6. The highest BCUT2D eigenvalue weighted by molar-refractivity contribution is 7.90. The molecule has 0 bridgehead atoms. The number of aliphatic hydroxyl groups is 1. The van der Waals surface area contributed by atoms with Gasteiger partial charge in [0.15, 0.2) is 15.9 Å². The molecule has 0 radical (unpaired) electrons. The smallest absolute Gasteiger partial charge is 0.425 e. The summed E-state index contributed by atoms with van der Waals surface area (Å²) in [5, 5.41) is 9.53. The molecule has 25 heavy (non-hydrogen) atoms. The second-order valence-electron chi connectivity index (χ2n) is 5.93. The lowest BCUT2D eigenvalue weighted by atomic mass is 10.1. The van der Waals surface area contributed by atoms with Crippen LogP contribution in [0.4, 0.5) is 13.2 Å². The summed E-state index contributed by atoms with van der Waals surface area (Å²) in [6.45, 7) is 1.03. The Morgan fingerprint density at radius 1 is 1.40 bits per heavy atom. The first-order valence-electron chi connectivity index (χ1n) is 7.44. The maximum Gasteiger partial charge on any atom is 0.425 e. The number of nitrogens with zero attached hydrogens (tertiary/aromatic N) is 1. The summed E-state index contributed by atoms with van der Waals surface area (Å²) in [5.74, 6) is -1.05. The van der Waals surface area contributed by atoms with Crippen LogP contribution in [-0.4, -0.2) is 62.1 Å². The molecule has 1 heterocycles. The lowest BCUT2D eigenvalue weighted by molar-refractivity contribution is -0.189. The minimum Gasteiger partial charge on any atom is -0.480 e. The third kappa shape index (κ3) is 4.63. The van der Waals surface area contributed by atoms with Crippen LogP contribution in [0, 0.1) is 0 Å². The average Bonchev–Trinajstić information content (AvgIpc) is 2.91. The number of sulfone groups is 1.